The molecule has 0 aliphatic carbocycles. The molecule has 0 radical (unpaired) electrons. The molecule has 1 amide bonds. The van der Waals surface area contributed by atoms with Crippen LogP contribution in [0, 0.1) is 27.9 Å². The molecule has 19 heteroatoms. The fourth-order valence-corrected chi connectivity index (χ4v) is 10.0. The Morgan fingerprint density at radius 3 is 2.14 bits per heavy atom. The van der Waals surface area contributed by atoms with E-state index in [0.717, 1.165) is 0 Å². The van der Waals surface area contributed by atoms with Crippen LogP contribution in [-0.4, -0.2) is 161 Å². The number of cyclic esters (lactones) is 1. The van der Waals surface area contributed by atoms with Crippen LogP contribution in [0.15, 0.2) is 24.3 Å². The minimum Gasteiger partial charge on any atom is -0.459 e. The first-order valence-corrected chi connectivity index (χ1v) is 23.2. The smallest absolute Gasteiger partial charge is 0.311 e. The van der Waals surface area contributed by atoms with Crippen LogP contribution in [0.2, 0.25) is 0 Å². The van der Waals surface area contributed by atoms with E-state index in [1.54, 1.807) is 34.6 Å². The zero-order valence-electron chi connectivity index (χ0n) is 41.3. The molecule has 1 aromatic rings. The summed E-state index contributed by atoms with van der Waals surface area (Å²) in [6, 6.07) is 4.67. The van der Waals surface area contributed by atoms with Gasteiger partial charge in [-0.25, -0.2) is 0 Å². The maximum Gasteiger partial charge on any atom is 0.311 e. The third-order valence-electron chi connectivity index (χ3n) is 13.9. The SMILES string of the molecule is CCO[C@]1(C)C[C@@H](C)NC(=O)[C@H](C)[C@@H](O)[C@](C)(O)[C@@H](CC)OC(=O)[C@H](C)[C@@H](O[C@H]2C[C@@](C)(OC)[C@@H](OC(=O)Cc3ccc([N+](=O)[O-])cc3)[C@H](C)O2)[C@H](C)[C@H]1O[C@@H]1O[C@H](C)C[C@H](N(C)C)[C@H]1O. The third-order valence-corrected chi connectivity index (χ3v) is 13.9. The molecule has 4 rings (SSSR count). The lowest BCUT2D eigenvalue weighted by Gasteiger charge is -2.50. The normalized spacial score (nSPS) is 41.0. The van der Waals surface area contributed by atoms with Crippen LogP contribution in [0.1, 0.15) is 107 Å². The molecule has 3 aliphatic heterocycles. The molecule has 3 aliphatic rings. The second-order valence-electron chi connectivity index (χ2n) is 19.5. The molecular weight excluding hydrogens is 863 g/mol. The van der Waals surface area contributed by atoms with Crippen molar-refractivity contribution in [3.8, 4) is 0 Å². The number of carbonyl (C=O) groups excluding carboxylic acids is 3. The minimum absolute atomic E-state index is 0.00841. The van der Waals surface area contributed by atoms with Gasteiger partial charge in [-0.05, 0) is 94.3 Å². The first-order valence-electron chi connectivity index (χ1n) is 23.2. The number of aliphatic hydroxyl groups excluding tert-OH is 2. The highest BCUT2D eigenvalue weighted by atomic mass is 16.7. The van der Waals surface area contributed by atoms with Gasteiger partial charge in [0.05, 0.1) is 59.3 Å². The van der Waals surface area contributed by atoms with Crippen molar-refractivity contribution in [2.45, 2.75) is 199 Å². The Kier molecular flexibility index (Phi) is 19.1. The lowest BCUT2D eigenvalue weighted by molar-refractivity contribution is -0.384. The van der Waals surface area contributed by atoms with Crippen LogP contribution in [0.3, 0.4) is 0 Å². The summed E-state index contributed by atoms with van der Waals surface area (Å²) in [4.78, 5) is 54.2. The van der Waals surface area contributed by atoms with Gasteiger partial charge in [0.1, 0.15) is 23.4 Å². The van der Waals surface area contributed by atoms with Crippen LogP contribution >= 0.6 is 0 Å². The van der Waals surface area contributed by atoms with Gasteiger partial charge in [0.15, 0.2) is 18.7 Å². The number of non-ortho nitro benzene ring substituents is 1. The maximum absolute atomic E-state index is 14.6. The van der Waals surface area contributed by atoms with E-state index < -0.39 is 119 Å². The van der Waals surface area contributed by atoms with Crippen molar-refractivity contribution >= 4 is 23.5 Å². The van der Waals surface area contributed by atoms with Gasteiger partial charge < -0.3 is 63.4 Å². The number of ether oxygens (including phenoxy) is 8. The van der Waals surface area contributed by atoms with Crippen molar-refractivity contribution in [1.29, 1.82) is 0 Å². The predicted molar refractivity (Wildman–Crippen MR) is 240 cm³/mol. The molecule has 19 nitrogen and oxygen atoms in total. The van der Waals surface area contributed by atoms with Crippen LogP contribution in [0.25, 0.3) is 0 Å². The van der Waals surface area contributed by atoms with Gasteiger partial charge in [-0.15, -0.1) is 0 Å². The summed E-state index contributed by atoms with van der Waals surface area (Å²) in [6.07, 6.45) is -9.86. The van der Waals surface area contributed by atoms with Crippen molar-refractivity contribution in [1.82, 2.24) is 10.2 Å². The standard InChI is InChI=1S/C47H77N3O16/c1-15-34-47(11,56)39(53)29(7)42(54)48-25(3)23-46(10,60-16-2)40(66-44-37(52)33(49(12)13)21-26(4)61-44)27(5)38(28(6)43(55)63-34)65-36-24-45(9,59-14)41(30(8)62-36)64-35(51)22-31-17-19-32(20-18-31)50(57)58/h17-20,25-30,33-34,36-41,44,52-53,56H,15-16,21-24H2,1-14H3,(H,48,54)/t25-,26-,27+,28-,29-,30+,33+,34-,36+,37-,38+,39-,40-,41+,44+,45-,46-,47-/m1/s1. The van der Waals surface area contributed by atoms with E-state index in [9.17, 15) is 39.8 Å². The number of aliphatic hydroxyl groups is 3. The Labute approximate surface area is 389 Å². The first kappa shape index (κ1) is 55.2. The summed E-state index contributed by atoms with van der Waals surface area (Å²) in [6.45, 7) is 18.9. The van der Waals surface area contributed by atoms with E-state index in [0.29, 0.717) is 12.0 Å². The van der Waals surface area contributed by atoms with E-state index in [4.69, 9.17) is 37.9 Å². The highest BCUT2D eigenvalue weighted by molar-refractivity contribution is 5.79. The van der Waals surface area contributed by atoms with Crippen molar-refractivity contribution < 1.29 is 72.5 Å². The predicted octanol–water partition coefficient (Wildman–Crippen LogP) is 3.83. The van der Waals surface area contributed by atoms with Crippen molar-refractivity contribution in [2.75, 3.05) is 27.8 Å². The van der Waals surface area contributed by atoms with Crippen LogP contribution in [0.4, 0.5) is 5.69 Å². The lowest BCUT2D eigenvalue weighted by atomic mass is 9.78. The number of hydrogen-bond acceptors (Lipinski definition) is 17. The Balaban J connectivity index is 1.80. The molecule has 3 heterocycles. The van der Waals surface area contributed by atoms with E-state index in [1.165, 1.54) is 45.2 Å². The van der Waals surface area contributed by atoms with E-state index >= 15 is 0 Å². The van der Waals surface area contributed by atoms with Crippen molar-refractivity contribution in [2.24, 2.45) is 17.8 Å². The van der Waals surface area contributed by atoms with Gasteiger partial charge in [-0.1, -0.05) is 32.9 Å². The average molecular weight is 940 g/mol. The monoisotopic (exact) mass is 940 g/mol. The molecule has 18 atom stereocenters. The fraction of sp³-hybridized carbons (Fsp3) is 0.809. The first-order chi connectivity index (χ1) is 30.7. The van der Waals surface area contributed by atoms with Gasteiger partial charge in [-0.3, -0.25) is 24.5 Å². The molecule has 66 heavy (non-hydrogen) atoms. The quantitative estimate of drug-likeness (QED) is 0.125. The molecule has 0 spiro atoms. The highest BCUT2D eigenvalue weighted by Gasteiger charge is 2.54. The Hall–Kier alpha value is -3.37. The number of methoxy groups -OCH3 is 1. The van der Waals surface area contributed by atoms with E-state index in [2.05, 4.69) is 5.32 Å². The molecule has 4 N–H and O–H groups in total. The number of nitrogens with one attached hydrogen (secondary N) is 1. The Bertz CT molecular complexity index is 1780. The summed E-state index contributed by atoms with van der Waals surface area (Å²) in [5.41, 5.74) is -4.12. The summed E-state index contributed by atoms with van der Waals surface area (Å²) < 4.78 is 51.4. The Morgan fingerprint density at radius 1 is 0.939 bits per heavy atom. The number of nitrogens with zero attached hydrogens (tertiary/aromatic N) is 2. The summed E-state index contributed by atoms with van der Waals surface area (Å²) in [5.74, 6) is -4.99. The lowest BCUT2D eigenvalue weighted by Crippen LogP contribution is -2.61. The second kappa shape index (κ2) is 22.8. The maximum atomic E-state index is 14.6. The zero-order chi connectivity index (χ0) is 49.6. The molecule has 3 saturated heterocycles. The summed E-state index contributed by atoms with van der Waals surface area (Å²) in [7, 11) is 5.20. The average Bonchev–Trinajstić information content (AvgIpc) is 3.24. The van der Waals surface area contributed by atoms with E-state index in [1.807, 2.05) is 46.7 Å². The number of nitro benzene ring substituents is 1. The second-order valence-corrected chi connectivity index (χ2v) is 19.5. The topological polar surface area (TPSA) is 244 Å². The van der Waals surface area contributed by atoms with Crippen molar-refractivity contribution in [3.63, 3.8) is 0 Å². The molecule has 0 aromatic heterocycles. The Morgan fingerprint density at radius 2 is 1.58 bits per heavy atom. The fourth-order valence-electron chi connectivity index (χ4n) is 10.0. The number of likely N-dealkylation sites (N-methyl/N-ethyl adjacent to an activating group) is 1. The number of carbonyl (C=O) groups is 3. The van der Waals surface area contributed by atoms with Crippen LogP contribution in [0.5, 0.6) is 0 Å². The van der Waals surface area contributed by atoms with Crippen LogP contribution in [-0.2, 0) is 58.7 Å². The zero-order valence-corrected chi connectivity index (χ0v) is 41.3. The van der Waals surface area contributed by atoms with Gasteiger partial charge in [0.2, 0.25) is 5.91 Å². The number of esters is 2. The number of amides is 1. The molecular formula is C47H77N3O16. The molecule has 0 saturated carbocycles. The van der Waals surface area contributed by atoms with Gasteiger partial charge in [0.25, 0.3) is 5.69 Å². The van der Waals surface area contributed by atoms with Gasteiger partial charge in [0, 0.05) is 50.3 Å². The highest BCUT2D eigenvalue weighted by Crippen LogP contribution is 2.41. The molecule has 0 unspecified atom stereocenters. The van der Waals surface area contributed by atoms with Gasteiger partial charge >= 0.3 is 11.9 Å². The summed E-state index contributed by atoms with van der Waals surface area (Å²) in [5, 5.41) is 49.2. The van der Waals surface area contributed by atoms with Crippen molar-refractivity contribution in [3.05, 3.63) is 39.9 Å². The van der Waals surface area contributed by atoms with E-state index in [-0.39, 0.29) is 50.1 Å². The molecule has 376 valence electrons. The molecule has 0 bridgehead atoms. The number of rotatable bonds is 13. The van der Waals surface area contributed by atoms with Gasteiger partial charge in [-0.2, -0.15) is 0 Å². The minimum atomic E-state index is -2.06. The third kappa shape index (κ3) is 12.8. The number of hydrogen-bond donors (Lipinski definition) is 4. The van der Waals surface area contributed by atoms with Crippen LogP contribution < -0.4 is 5.32 Å². The number of benzene rings is 1. The number of nitro groups is 1. The molecule has 3 fully saturated rings. The largest absolute Gasteiger partial charge is 0.459 e. The summed E-state index contributed by atoms with van der Waals surface area (Å²) >= 11 is 0. The molecule has 1 aromatic carbocycles.